The molecule has 0 atom stereocenters. The van der Waals surface area contributed by atoms with Gasteiger partial charge in [-0.2, -0.15) is 8.78 Å². The van der Waals surface area contributed by atoms with Crippen LogP contribution in [-0.4, -0.2) is 26.6 Å². The van der Waals surface area contributed by atoms with Gasteiger partial charge < -0.3 is 4.74 Å². The summed E-state index contributed by atoms with van der Waals surface area (Å²) in [5.41, 5.74) is 2.91. The zero-order valence-electron chi connectivity index (χ0n) is 14.9. The van der Waals surface area contributed by atoms with Crippen LogP contribution in [0.2, 0.25) is 0 Å². The summed E-state index contributed by atoms with van der Waals surface area (Å²) in [5, 5.41) is 2.73. The third-order valence-electron chi connectivity index (χ3n) is 3.88. The van der Waals surface area contributed by atoms with Gasteiger partial charge >= 0.3 is 6.61 Å². The molecule has 3 aromatic rings. The van der Waals surface area contributed by atoms with Crippen molar-refractivity contribution < 1.29 is 21.9 Å². The van der Waals surface area contributed by atoms with Crippen LogP contribution < -0.4 is 9.46 Å². The summed E-state index contributed by atoms with van der Waals surface area (Å²) in [7, 11) is -3.99. The molecule has 0 aliphatic heterocycles. The Kier molecular flexibility index (Phi) is 6.38. The largest absolute Gasteiger partial charge is 0.433 e. The molecule has 0 unspecified atom stereocenters. The molecule has 1 heterocycles. The van der Waals surface area contributed by atoms with Crippen molar-refractivity contribution >= 4 is 21.4 Å². The van der Waals surface area contributed by atoms with E-state index in [-0.39, 0.29) is 17.2 Å². The van der Waals surface area contributed by atoms with Crippen molar-refractivity contribution in [3.63, 3.8) is 0 Å². The van der Waals surface area contributed by atoms with Gasteiger partial charge in [-0.1, -0.05) is 42.0 Å². The summed E-state index contributed by atoms with van der Waals surface area (Å²) >= 11 is 1.48. The Labute approximate surface area is 166 Å². The van der Waals surface area contributed by atoms with Crippen molar-refractivity contribution in [2.45, 2.75) is 24.9 Å². The molecule has 28 heavy (non-hydrogen) atoms. The molecule has 5 nitrogen and oxygen atoms in total. The SMILES string of the molecule is Cc1ccc(-c2nc(CCNS(=O)(=O)c3ccccc3OC(F)F)cs2)cc1. The van der Waals surface area contributed by atoms with Crippen molar-refractivity contribution in [1.82, 2.24) is 9.71 Å². The summed E-state index contributed by atoms with van der Waals surface area (Å²) in [6.07, 6.45) is 0.374. The number of halogens is 2. The van der Waals surface area contributed by atoms with Gasteiger partial charge in [-0.3, -0.25) is 0 Å². The molecule has 1 aromatic heterocycles. The number of aromatic nitrogens is 1. The first-order valence-electron chi connectivity index (χ1n) is 8.40. The molecular formula is C19H18F2N2O3S2. The third kappa shape index (κ3) is 5.12. The highest BCUT2D eigenvalue weighted by Gasteiger charge is 2.21. The highest BCUT2D eigenvalue weighted by molar-refractivity contribution is 7.89. The molecule has 0 spiro atoms. The first kappa shape index (κ1) is 20.4. The van der Waals surface area contributed by atoms with Crippen molar-refractivity contribution in [2.24, 2.45) is 0 Å². The summed E-state index contributed by atoms with van der Waals surface area (Å²) in [6.45, 7) is -1.01. The van der Waals surface area contributed by atoms with E-state index >= 15 is 0 Å². The van der Waals surface area contributed by atoms with Crippen LogP contribution in [0.15, 0.2) is 58.8 Å². The number of thiazole rings is 1. The van der Waals surface area contributed by atoms with Crippen LogP contribution in [0.3, 0.4) is 0 Å². The van der Waals surface area contributed by atoms with Gasteiger partial charge in [0.25, 0.3) is 0 Å². The Morgan fingerprint density at radius 3 is 2.57 bits per heavy atom. The maximum Gasteiger partial charge on any atom is 0.387 e. The van der Waals surface area contributed by atoms with Gasteiger partial charge in [0, 0.05) is 23.9 Å². The van der Waals surface area contributed by atoms with E-state index in [0.29, 0.717) is 6.42 Å². The summed E-state index contributed by atoms with van der Waals surface area (Å²) < 4.78 is 56.5. The van der Waals surface area contributed by atoms with Crippen LogP contribution in [0, 0.1) is 6.92 Å². The van der Waals surface area contributed by atoms with E-state index in [1.807, 2.05) is 36.6 Å². The smallest absolute Gasteiger partial charge is 0.387 e. The number of nitrogens with zero attached hydrogens (tertiary/aromatic N) is 1. The maximum atomic E-state index is 12.5. The Hall–Kier alpha value is -2.36. The van der Waals surface area contributed by atoms with Gasteiger partial charge in [-0.25, -0.2) is 18.1 Å². The molecule has 0 saturated heterocycles. The molecule has 0 aliphatic carbocycles. The molecule has 0 saturated carbocycles. The first-order chi connectivity index (χ1) is 13.3. The number of rotatable bonds is 8. The van der Waals surface area contributed by atoms with Crippen LogP contribution in [0.5, 0.6) is 5.75 Å². The Bertz CT molecular complexity index is 1040. The molecule has 0 bridgehead atoms. The van der Waals surface area contributed by atoms with Crippen LogP contribution in [0.25, 0.3) is 10.6 Å². The van der Waals surface area contributed by atoms with Gasteiger partial charge in [0.15, 0.2) is 0 Å². The number of sulfonamides is 1. The van der Waals surface area contributed by atoms with Gasteiger partial charge in [-0.05, 0) is 19.1 Å². The van der Waals surface area contributed by atoms with E-state index in [4.69, 9.17) is 0 Å². The van der Waals surface area contributed by atoms with Crippen molar-refractivity contribution in [1.29, 1.82) is 0 Å². The summed E-state index contributed by atoms with van der Waals surface area (Å²) in [4.78, 5) is 4.19. The lowest BCUT2D eigenvalue weighted by molar-refractivity contribution is -0.0517. The third-order valence-corrected chi connectivity index (χ3v) is 6.32. The number of para-hydroxylation sites is 1. The standard InChI is InChI=1S/C19H18F2N2O3S2/c1-13-6-8-14(9-7-13)18-23-15(12-27-18)10-11-22-28(24,25)17-5-3-2-4-16(17)26-19(20)21/h2-9,12,19,22H,10-11H2,1H3. The number of aryl methyl sites for hydroxylation is 1. The van der Waals surface area contributed by atoms with Gasteiger partial charge in [0.05, 0.1) is 5.69 Å². The van der Waals surface area contributed by atoms with E-state index in [0.717, 1.165) is 21.8 Å². The Morgan fingerprint density at radius 2 is 1.86 bits per heavy atom. The van der Waals surface area contributed by atoms with E-state index in [9.17, 15) is 17.2 Å². The molecule has 0 fully saturated rings. The lowest BCUT2D eigenvalue weighted by Crippen LogP contribution is -2.26. The molecule has 9 heteroatoms. The Morgan fingerprint density at radius 1 is 1.14 bits per heavy atom. The van der Waals surface area contributed by atoms with Crippen molar-refractivity contribution in [3.8, 4) is 16.3 Å². The summed E-state index contributed by atoms with van der Waals surface area (Å²) in [5.74, 6) is -0.389. The second kappa shape index (κ2) is 8.76. The van der Waals surface area contributed by atoms with E-state index in [2.05, 4.69) is 14.4 Å². The number of ether oxygens (including phenoxy) is 1. The first-order valence-corrected chi connectivity index (χ1v) is 10.8. The Balaban J connectivity index is 1.64. The van der Waals surface area contributed by atoms with Gasteiger partial charge in [0.2, 0.25) is 10.0 Å². The average Bonchev–Trinajstić information content (AvgIpc) is 3.11. The lowest BCUT2D eigenvalue weighted by Gasteiger charge is -2.11. The number of alkyl halides is 2. The van der Waals surface area contributed by atoms with E-state index in [1.54, 1.807) is 0 Å². The minimum absolute atomic E-state index is 0.0857. The molecular weight excluding hydrogens is 406 g/mol. The monoisotopic (exact) mass is 424 g/mol. The van der Waals surface area contributed by atoms with E-state index in [1.165, 1.54) is 35.6 Å². The summed E-state index contributed by atoms with van der Waals surface area (Å²) in [6, 6.07) is 13.3. The predicted octanol–water partition coefficient (Wildman–Crippen LogP) is 4.24. The number of hydrogen-bond acceptors (Lipinski definition) is 5. The number of hydrogen-bond donors (Lipinski definition) is 1. The van der Waals surface area contributed by atoms with Gasteiger partial charge in [0.1, 0.15) is 15.7 Å². The van der Waals surface area contributed by atoms with Gasteiger partial charge in [-0.15, -0.1) is 11.3 Å². The predicted molar refractivity (Wildman–Crippen MR) is 104 cm³/mol. The van der Waals surface area contributed by atoms with Crippen LogP contribution in [0.1, 0.15) is 11.3 Å². The normalized spacial score (nSPS) is 11.7. The highest BCUT2D eigenvalue weighted by atomic mass is 32.2. The van der Waals surface area contributed by atoms with Crippen molar-refractivity contribution in [3.05, 3.63) is 65.2 Å². The fraction of sp³-hybridized carbons (Fsp3) is 0.211. The molecule has 0 radical (unpaired) electrons. The van der Waals surface area contributed by atoms with E-state index < -0.39 is 16.6 Å². The number of nitrogens with one attached hydrogen (secondary N) is 1. The molecule has 1 N–H and O–H groups in total. The minimum atomic E-state index is -3.99. The highest BCUT2D eigenvalue weighted by Crippen LogP contribution is 2.26. The number of benzene rings is 2. The second-order valence-corrected chi connectivity index (χ2v) is 8.58. The average molecular weight is 424 g/mol. The molecule has 2 aromatic carbocycles. The van der Waals surface area contributed by atoms with Crippen LogP contribution in [0.4, 0.5) is 8.78 Å². The maximum absolute atomic E-state index is 12.5. The fourth-order valence-corrected chi connectivity index (χ4v) is 4.53. The molecule has 0 amide bonds. The van der Waals surface area contributed by atoms with Crippen LogP contribution >= 0.6 is 11.3 Å². The quantitative estimate of drug-likeness (QED) is 0.587. The molecule has 3 rings (SSSR count). The zero-order chi connectivity index (χ0) is 20.1. The zero-order valence-corrected chi connectivity index (χ0v) is 16.6. The van der Waals surface area contributed by atoms with Crippen LogP contribution in [-0.2, 0) is 16.4 Å². The fourth-order valence-electron chi connectivity index (χ4n) is 2.51. The lowest BCUT2D eigenvalue weighted by atomic mass is 10.2. The molecule has 0 aliphatic rings. The second-order valence-electron chi connectivity index (χ2n) is 5.98. The minimum Gasteiger partial charge on any atom is -0.433 e. The van der Waals surface area contributed by atoms with Crippen molar-refractivity contribution in [2.75, 3.05) is 6.54 Å². The topological polar surface area (TPSA) is 68.3 Å². The molecule has 148 valence electrons.